The summed E-state index contributed by atoms with van der Waals surface area (Å²) in [5.41, 5.74) is 0.867. The van der Waals surface area contributed by atoms with Crippen LogP contribution in [0.15, 0.2) is 4.79 Å². The molecule has 1 saturated carbocycles. The highest BCUT2D eigenvalue weighted by Gasteiger charge is 2.25. The van der Waals surface area contributed by atoms with Crippen molar-refractivity contribution in [3.63, 3.8) is 0 Å². The van der Waals surface area contributed by atoms with Crippen LogP contribution in [0.25, 0.3) is 0 Å². The largest absolute Gasteiger partial charge is 0.309 e. The highest BCUT2D eigenvalue weighted by atomic mass is 127. The van der Waals surface area contributed by atoms with Crippen molar-refractivity contribution in [2.75, 3.05) is 0 Å². The van der Waals surface area contributed by atoms with E-state index in [1.165, 1.54) is 6.42 Å². The van der Waals surface area contributed by atoms with E-state index in [1.54, 1.807) is 0 Å². The van der Waals surface area contributed by atoms with Gasteiger partial charge in [0.1, 0.15) is 5.82 Å². The Kier molecular flexibility index (Phi) is 3.13. The second kappa shape index (κ2) is 4.23. The number of nitrogens with one attached hydrogen (secondary N) is 1. The molecule has 1 fully saturated rings. The minimum Gasteiger partial charge on any atom is -0.309 e. The molecule has 15 heavy (non-hydrogen) atoms. The molecule has 2 rings (SSSR count). The maximum atomic E-state index is 11.6. The number of halogens is 1. The highest BCUT2D eigenvalue weighted by molar-refractivity contribution is 14.1. The molecule has 1 N–H and O–H groups in total. The van der Waals surface area contributed by atoms with Crippen molar-refractivity contribution in [3.8, 4) is 0 Å². The van der Waals surface area contributed by atoms with E-state index >= 15 is 0 Å². The quantitative estimate of drug-likeness (QED) is 0.809. The summed E-state index contributed by atoms with van der Waals surface area (Å²) in [4.78, 5) is 19.0. The molecule has 2 unspecified atom stereocenters. The Bertz CT molecular complexity index is 427. The van der Waals surface area contributed by atoms with Gasteiger partial charge in [0.05, 0.1) is 9.26 Å². The van der Waals surface area contributed by atoms with Gasteiger partial charge in [-0.25, -0.2) is 4.98 Å². The molecule has 0 spiro atoms. The summed E-state index contributed by atoms with van der Waals surface area (Å²) in [5.74, 6) is 2.12. The number of rotatable bonds is 1. The van der Waals surface area contributed by atoms with Crippen molar-refractivity contribution >= 4 is 22.6 Å². The number of hydrogen-bond acceptors (Lipinski definition) is 2. The van der Waals surface area contributed by atoms with Gasteiger partial charge in [0, 0.05) is 5.92 Å². The third-order valence-corrected chi connectivity index (χ3v) is 4.40. The van der Waals surface area contributed by atoms with Crippen LogP contribution in [0.5, 0.6) is 0 Å². The average molecular weight is 318 g/mol. The molecule has 0 bridgehead atoms. The van der Waals surface area contributed by atoms with Crippen molar-refractivity contribution in [1.82, 2.24) is 9.97 Å². The number of nitrogens with zero attached hydrogens (tertiary/aromatic N) is 1. The van der Waals surface area contributed by atoms with Gasteiger partial charge in [-0.15, -0.1) is 0 Å². The molecule has 0 amide bonds. The predicted molar refractivity (Wildman–Crippen MR) is 68.1 cm³/mol. The van der Waals surface area contributed by atoms with Gasteiger partial charge in [-0.3, -0.25) is 4.79 Å². The van der Waals surface area contributed by atoms with Gasteiger partial charge in [-0.05, 0) is 54.7 Å². The number of aryl methyl sites for hydroxylation is 1. The number of aromatic nitrogens is 2. The summed E-state index contributed by atoms with van der Waals surface area (Å²) >= 11 is 2.05. The standard InChI is InChI=1S/C11H15IN2O/c1-6-3-4-8(5-6)10-13-7(2)9(12)11(15)14-10/h6,8H,3-5H2,1-2H3,(H,13,14,15). The summed E-state index contributed by atoms with van der Waals surface area (Å²) in [6.45, 7) is 4.16. The minimum absolute atomic E-state index is 0.0117. The Balaban J connectivity index is 2.34. The van der Waals surface area contributed by atoms with Gasteiger partial charge in [0.15, 0.2) is 0 Å². The SMILES string of the molecule is Cc1nc(C2CCC(C)C2)[nH]c(=O)c1I. The lowest BCUT2D eigenvalue weighted by molar-refractivity contribution is 0.583. The van der Waals surface area contributed by atoms with Crippen LogP contribution in [0, 0.1) is 16.4 Å². The molecule has 1 aromatic rings. The molecule has 4 heteroatoms. The average Bonchev–Trinajstić information content (AvgIpc) is 2.60. The Morgan fingerprint density at radius 3 is 2.73 bits per heavy atom. The third-order valence-electron chi connectivity index (χ3n) is 3.13. The van der Waals surface area contributed by atoms with Crippen LogP contribution in [0.3, 0.4) is 0 Å². The molecular weight excluding hydrogens is 303 g/mol. The van der Waals surface area contributed by atoms with E-state index in [9.17, 15) is 4.79 Å². The van der Waals surface area contributed by atoms with Crippen LogP contribution in [-0.2, 0) is 0 Å². The summed E-state index contributed by atoms with van der Waals surface area (Å²) in [6, 6.07) is 0. The maximum Gasteiger partial charge on any atom is 0.264 e. The fraction of sp³-hybridized carbons (Fsp3) is 0.636. The molecule has 2 atom stereocenters. The Morgan fingerprint density at radius 1 is 1.47 bits per heavy atom. The topological polar surface area (TPSA) is 45.8 Å². The normalized spacial score (nSPS) is 25.8. The molecule has 0 aliphatic heterocycles. The lowest BCUT2D eigenvalue weighted by Gasteiger charge is -2.09. The van der Waals surface area contributed by atoms with Crippen LogP contribution < -0.4 is 5.56 Å². The van der Waals surface area contributed by atoms with Crippen LogP contribution in [0.1, 0.15) is 43.6 Å². The van der Waals surface area contributed by atoms with Crippen LogP contribution >= 0.6 is 22.6 Å². The summed E-state index contributed by atoms with van der Waals surface area (Å²) in [5, 5.41) is 0. The molecule has 1 aliphatic rings. The molecule has 0 aromatic carbocycles. The van der Waals surface area contributed by atoms with E-state index in [0.717, 1.165) is 30.3 Å². The number of aromatic amines is 1. The first-order valence-electron chi connectivity index (χ1n) is 5.34. The van der Waals surface area contributed by atoms with Crippen molar-refractivity contribution in [2.45, 2.75) is 39.0 Å². The summed E-state index contributed by atoms with van der Waals surface area (Å²) in [7, 11) is 0. The maximum absolute atomic E-state index is 11.6. The predicted octanol–water partition coefficient (Wildman–Crippen LogP) is 2.59. The summed E-state index contributed by atoms with van der Waals surface area (Å²) in [6.07, 6.45) is 3.56. The van der Waals surface area contributed by atoms with E-state index in [0.29, 0.717) is 9.49 Å². The molecule has 3 nitrogen and oxygen atoms in total. The van der Waals surface area contributed by atoms with Crippen molar-refractivity contribution in [1.29, 1.82) is 0 Å². The van der Waals surface area contributed by atoms with Gasteiger partial charge in [0.25, 0.3) is 5.56 Å². The van der Waals surface area contributed by atoms with E-state index < -0.39 is 0 Å². The zero-order valence-corrected chi connectivity index (χ0v) is 11.2. The molecular formula is C11H15IN2O. The van der Waals surface area contributed by atoms with Gasteiger partial charge in [-0.2, -0.15) is 0 Å². The van der Waals surface area contributed by atoms with E-state index in [2.05, 4.69) is 16.9 Å². The van der Waals surface area contributed by atoms with E-state index in [-0.39, 0.29) is 5.56 Å². The van der Waals surface area contributed by atoms with E-state index in [4.69, 9.17) is 0 Å². The zero-order valence-electron chi connectivity index (χ0n) is 9.01. The monoisotopic (exact) mass is 318 g/mol. The first-order valence-corrected chi connectivity index (χ1v) is 6.42. The third kappa shape index (κ3) is 2.24. The Labute approximate surface area is 103 Å². The molecule has 82 valence electrons. The fourth-order valence-electron chi connectivity index (χ4n) is 2.24. The van der Waals surface area contributed by atoms with E-state index in [1.807, 2.05) is 29.5 Å². The van der Waals surface area contributed by atoms with Crippen molar-refractivity contribution in [2.24, 2.45) is 5.92 Å². The molecule has 1 heterocycles. The second-order valence-electron chi connectivity index (χ2n) is 4.47. The highest BCUT2D eigenvalue weighted by Crippen LogP contribution is 2.36. The molecule has 0 radical (unpaired) electrons. The molecule has 1 aromatic heterocycles. The number of hydrogen-bond donors (Lipinski definition) is 1. The zero-order chi connectivity index (χ0) is 11.0. The second-order valence-corrected chi connectivity index (χ2v) is 5.54. The molecule has 0 saturated heterocycles. The van der Waals surface area contributed by atoms with Crippen molar-refractivity contribution in [3.05, 3.63) is 25.4 Å². The van der Waals surface area contributed by atoms with Crippen LogP contribution in [-0.4, -0.2) is 9.97 Å². The first kappa shape index (κ1) is 11.1. The Hall–Kier alpha value is -0.390. The van der Waals surface area contributed by atoms with Crippen molar-refractivity contribution < 1.29 is 0 Å². The fourth-order valence-corrected chi connectivity index (χ4v) is 2.50. The van der Waals surface area contributed by atoms with Gasteiger partial charge < -0.3 is 4.98 Å². The first-order chi connectivity index (χ1) is 7.08. The summed E-state index contributed by atoms with van der Waals surface area (Å²) < 4.78 is 0.711. The smallest absolute Gasteiger partial charge is 0.264 e. The van der Waals surface area contributed by atoms with Gasteiger partial charge in [0.2, 0.25) is 0 Å². The van der Waals surface area contributed by atoms with Gasteiger partial charge >= 0.3 is 0 Å². The minimum atomic E-state index is 0.0117. The number of H-pyrrole nitrogens is 1. The van der Waals surface area contributed by atoms with Gasteiger partial charge in [-0.1, -0.05) is 6.92 Å². The lowest BCUT2D eigenvalue weighted by Crippen LogP contribution is -2.18. The van der Waals surface area contributed by atoms with Crippen LogP contribution in [0.2, 0.25) is 0 Å². The Morgan fingerprint density at radius 2 is 2.20 bits per heavy atom. The molecule has 1 aliphatic carbocycles. The lowest BCUT2D eigenvalue weighted by atomic mass is 10.1. The van der Waals surface area contributed by atoms with Crippen LogP contribution in [0.4, 0.5) is 0 Å².